The molecule has 1 aromatic carbocycles. The number of nitrogens with two attached hydrogens (primary N) is 1. The minimum absolute atomic E-state index is 0.0590. The molecule has 1 heterocycles. The van der Waals surface area contributed by atoms with Crippen LogP contribution in [0.4, 0.5) is 5.69 Å². The van der Waals surface area contributed by atoms with Crippen molar-refractivity contribution in [3.8, 4) is 11.6 Å². The van der Waals surface area contributed by atoms with Gasteiger partial charge in [0.25, 0.3) is 0 Å². The summed E-state index contributed by atoms with van der Waals surface area (Å²) in [4.78, 5) is 6.30. The van der Waals surface area contributed by atoms with Crippen LogP contribution in [0.1, 0.15) is 11.3 Å². The molecule has 0 aliphatic rings. The Bertz CT molecular complexity index is 638. The molecular weight excluding hydrogens is 252 g/mol. The predicted octanol–water partition coefficient (Wildman–Crippen LogP) is 2.53. The van der Waals surface area contributed by atoms with Crippen LogP contribution in [-0.2, 0) is 0 Å². The van der Waals surface area contributed by atoms with Crippen LogP contribution in [0.3, 0.4) is 0 Å². The van der Waals surface area contributed by atoms with Crippen LogP contribution in [0.2, 0.25) is 0 Å². The molecule has 0 unspecified atom stereocenters. The van der Waals surface area contributed by atoms with Crippen molar-refractivity contribution < 1.29 is 4.74 Å². The highest BCUT2D eigenvalue weighted by molar-refractivity contribution is 5.97. The van der Waals surface area contributed by atoms with Crippen molar-refractivity contribution in [3.63, 3.8) is 0 Å². The summed E-state index contributed by atoms with van der Waals surface area (Å²) < 4.78 is 5.78. The first-order chi connectivity index (χ1) is 9.47. The molecule has 104 valence electrons. The van der Waals surface area contributed by atoms with E-state index in [1.54, 1.807) is 12.1 Å². The van der Waals surface area contributed by atoms with Gasteiger partial charge in [-0.1, -0.05) is 6.07 Å². The van der Waals surface area contributed by atoms with Crippen LogP contribution in [0.5, 0.6) is 11.6 Å². The SMILES string of the molecule is Cc1ccc(C(=N)N)c(Oc2cccc(N(C)C)c2)n1. The van der Waals surface area contributed by atoms with Crippen molar-refractivity contribution in [2.75, 3.05) is 19.0 Å². The monoisotopic (exact) mass is 270 g/mol. The number of nitrogen functional groups attached to an aromatic ring is 1. The second kappa shape index (κ2) is 5.61. The Morgan fingerprint density at radius 3 is 2.65 bits per heavy atom. The molecule has 3 N–H and O–H groups in total. The van der Waals surface area contributed by atoms with Crippen LogP contribution >= 0.6 is 0 Å². The summed E-state index contributed by atoms with van der Waals surface area (Å²) >= 11 is 0. The molecule has 20 heavy (non-hydrogen) atoms. The lowest BCUT2D eigenvalue weighted by atomic mass is 10.2. The van der Waals surface area contributed by atoms with Crippen molar-refractivity contribution in [1.82, 2.24) is 4.98 Å². The van der Waals surface area contributed by atoms with Crippen molar-refractivity contribution in [3.05, 3.63) is 47.7 Å². The zero-order valence-electron chi connectivity index (χ0n) is 11.8. The average molecular weight is 270 g/mol. The fourth-order valence-electron chi connectivity index (χ4n) is 1.75. The van der Waals surface area contributed by atoms with E-state index in [1.165, 1.54) is 0 Å². The van der Waals surface area contributed by atoms with Gasteiger partial charge in [0.1, 0.15) is 11.6 Å². The molecular formula is C15H18N4O. The lowest BCUT2D eigenvalue weighted by Crippen LogP contribution is -2.13. The highest BCUT2D eigenvalue weighted by Gasteiger charge is 2.10. The predicted molar refractivity (Wildman–Crippen MR) is 80.8 cm³/mol. The average Bonchev–Trinajstić information content (AvgIpc) is 2.38. The number of ether oxygens (including phenoxy) is 1. The van der Waals surface area contributed by atoms with Gasteiger partial charge in [0, 0.05) is 31.5 Å². The van der Waals surface area contributed by atoms with Gasteiger partial charge in [-0.3, -0.25) is 5.41 Å². The molecule has 0 saturated heterocycles. The Hall–Kier alpha value is -2.56. The van der Waals surface area contributed by atoms with Crippen molar-refractivity contribution >= 4 is 11.5 Å². The van der Waals surface area contributed by atoms with E-state index in [4.69, 9.17) is 15.9 Å². The Balaban J connectivity index is 2.36. The third kappa shape index (κ3) is 3.06. The van der Waals surface area contributed by atoms with Gasteiger partial charge < -0.3 is 15.4 Å². The smallest absolute Gasteiger partial charge is 0.230 e. The normalized spacial score (nSPS) is 10.2. The van der Waals surface area contributed by atoms with Crippen LogP contribution in [-0.4, -0.2) is 24.9 Å². The van der Waals surface area contributed by atoms with Gasteiger partial charge in [0.15, 0.2) is 0 Å². The molecule has 0 spiro atoms. The molecule has 2 rings (SSSR count). The van der Waals surface area contributed by atoms with Gasteiger partial charge in [-0.25, -0.2) is 4.98 Å². The minimum Gasteiger partial charge on any atom is -0.438 e. The second-order valence-electron chi connectivity index (χ2n) is 4.71. The molecule has 0 bridgehead atoms. The summed E-state index contributed by atoms with van der Waals surface area (Å²) in [5.41, 5.74) is 7.88. The maximum absolute atomic E-state index is 7.57. The molecule has 0 amide bonds. The van der Waals surface area contributed by atoms with E-state index in [2.05, 4.69) is 4.98 Å². The summed E-state index contributed by atoms with van der Waals surface area (Å²) in [6.45, 7) is 1.87. The standard InChI is InChI=1S/C15H18N4O/c1-10-7-8-13(14(16)17)15(18-10)20-12-6-4-5-11(9-12)19(2)3/h4-9H,1-3H3,(H3,16,17). The van der Waals surface area contributed by atoms with Crippen LogP contribution in [0.25, 0.3) is 0 Å². The number of nitrogens with zero attached hydrogens (tertiary/aromatic N) is 2. The third-order valence-electron chi connectivity index (χ3n) is 2.84. The fraction of sp³-hybridized carbons (Fsp3) is 0.200. The molecule has 5 nitrogen and oxygen atoms in total. The van der Waals surface area contributed by atoms with Crippen molar-refractivity contribution in [1.29, 1.82) is 5.41 Å². The maximum atomic E-state index is 7.57. The summed E-state index contributed by atoms with van der Waals surface area (Å²) in [6.07, 6.45) is 0. The summed E-state index contributed by atoms with van der Waals surface area (Å²) in [6, 6.07) is 11.2. The van der Waals surface area contributed by atoms with E-state index < -0.39 is 0 Å². The number of anilines is 1. The van der Waals surface area contributed by atoms with Gasteiger partial charge in [-0.2, -0.15) is 0 Å². The molecule has 1 aromatic heterocycles. The first kappa shape index (κ1) is 13.9. The highest BCUT2D eigenvalue weighted by Crippen LogP contribution is 2.26. The molecule has 0 radical (unpaired) electrons. The quantitative estimate of drug-likeness (QED) is 0.661. The van der Waals surface area contributed by atoms with E-state index >= 15 is 0 Å². The Labute approximate surface area is 118 Å². The van der Waals surface area contributed by atoms with Crippen LogP contribution in [0, 0.1) is 12.3 Å². The largest absolute Gasteiger partial charge is 0.438 e. The summed E-state index contributed by atoms with van der Waals surface area (Å²) in [5.74, 6) is 0.960. The Kier molecular flexibility index (Phi) is 3.89. The number of aryl methyl sites for hydroxylation is 1. The second-order valence-corrected chi connectivity index (χ2v) is 4.71. The van der Waals surface area contributed by atoms with Gasteiger partial charge in [-0.05, 0) is 31.2 Å². The maximum Gasteiger partial charge on any atom is 0.230 e. The van der Waals surface area contributed by atoms with E-state index in [0.29, 0.717) is 17.2 Å². The first-order valence-electron chi connectivity index (χ1n) is 6.24. The van der Waals surface area contributed by atoms with E-state index in [0.717, 1.165) is 11.4 Å². The van der Waals surface area contributed by atoms with Gasteiger partial charge in [0.2, 0.25) is 5.88 Å². The molecule has 0 aliphatic heterocycles. The number of pyridine rings is 1. The number of rotatable bonds is 4. The topological polar surface area (TPSA) is 75.2 Å². The van der Waals surface area contributed by atoms with E-state index in [-0.39, 0.29) is 5.84 Å². The molecule has 0 fully saturated rings. The van der Waals surface area contributed by atoms with Crippen molar-refractivity contribution in [2.24, 2.45) is 5.73 Å². The summed E-state index contributed by atoms with van der Waals surface area (Å²) in [7, 11) is 3.93. The molecule has 0 aliphatic carbocycles. The minimum atomic E-state index is -0.0590. The highest BCUT2D eigenvalue weighted by atomic mass is 16.5. The van der Waals surface area contributed by atoms with Crippen LogP contribution < -0.4 is 15.4 Å². The van der Waals surface area contributed by atoms with Gasteiger partial charge >= 0.3 is 0 Å². The third-order valence-corrected chi connectivity index (χ3v) is 2.84. The lowest BCUT2D eigenvalue weighted by Gasteiger charge is -2.14. The molecule has 2 aromatic rings. The number of aromatic nitrogens is 1. The zero-order chi connectivity index (χ0) is 14.7. The van der Waals surface area contributed by atoms with Gasteiger partial charge in [-0.15, -0.1) is 0 Å². The molecule has 0 atom stereocenters. The zero-order valence-corrected chi connectivity index (χ0v) is 11.8. The molecule has 5 heteroatoms. The Morgan fingerprint density at radius 2 is 2.00 bits per heavy atom. The fourth-order valence-corrected chi connectivity index (χ4v) is 1.75. The number of hydrogen-bond acceptors (Lipinski definition) is 4. The van der Waals surface area contributed by atoms with E-state index in [1.807, 2.05) is 50.2 Å². The number of nitrogens with one attached hydrogen (secondary N) is 1. The Morgan fingerprint density at radius 1 is 1.25 bits per heavy atom. The first-order valence-corrected chi connectivity index (χ1v) is 6.24. The number of hydrogen-bond donors (Lipinski definition) is 2. The number of benzene rings is 1. The number of amidine groups is 1. The van der Waals surface area contributed by atoms with Gasteiger partial charge in [0.05, 0.1) is 5.56 Å². The molecule has 0 saturated carbocycles. The summed E-state index contributed by atoms with van der Waals surface area (Å²) in [5, 5.41) is 7.57. The van der Waals surface area contributed by atoms with Crippen molar-refractivity contribution in [2.45, 2.75) is 6.92 Å². The van der Waals surface area contributed by atoms with Crippen LogP contribution in [0.15, 0.2) is 36.4 Å². The lowest BCUT2D eigenvalue weighted by molar-refractivity contribution is 0.460. The van der Waals surface area contributed by atoms with E-state index in [9.17, 15) is 0 Å².